The maximum absolute atomic E-state index is 11.8. The number of aryl methyl sites for hydroxylation is 1. The molecule has 2 aromatic rings. The van der Waals surface area contributed by atoms with E-state index in [2.05, 4.69) is 20.7 Å². The minimum atomic E-state index is -0.408. The molecule has 0 bridgehead atoms. The summed E-state index contributed by atoms with van der Waals surface area (Å²) in [5.41, 5.74) is 0. The zero-order valence-electron chi connectivity index (χ0n) is 10.7. The van der Waals surface area contributed by atoms with Gasteiger partial charge in [0.05, 0.1) is 12.9 Å². The average molecular weight is 265 g/mol. The molecule has 0 aliphatic rings. The maximum Gasteiger partial charge on any atom is 0.322 e. The highest BCUT2D eigenvalue weighted by Gasteiger charge is 2.17. The van der Waals surface area contributed by atoms with Crippen molar-refractivity contribution in [2.45, 2.75) is 6.04 Å². The van der Waals surface area contributed by atoms with Gasteiger partial charge in [-0.05, 0) is 12.1 Å². The van der Waals surface area contributed by atoms with Crippen molar-refractivity contribution < 1.29 is 13.9 Å². The van der Waals surface area contributed by atoms with Crippen molar-refractivity contribution in [1.29, 1.82) is 0 Å². The summed E-state index contributed by atoms with van der Waals surface area (Å²) >= 11 is 0. The third-order valence-corrected chi connectivity index (χ3v) is 2.46. The number of carbonyl (C=O) groups excluding carboxylic acids is 1. The van der Waals surface area contributed by atoms with Crippen LogP contribution in [0.25, 0.3) is 0 Å². The number of anilines is 1. The number of hydrogen-bond donors (Lipinski definition) is 2. The molecule has 1 atom stereocenters. The number of hydrogen-bond acceptors (Lipinski definition) is 5. The molecule has 0 aromatic carbocycles. The molecule has 1 unspecified atom stereocenters. The van der Waals surface area contributed by atoms with Gasteiger partial charge in [-0.25, -0.2) is 9.48 Å². The van der Waals surface area contributed by atoms with Gasteiger partial charge in [0.15, 0.2) is 0 Å². The monoisotopic (exact) mass is 265 g/mol. The Bertz CT molecular complexity index is 522. The standard InChI is InChI=1S/C11H15N5O3/c1-16-10(12-7-13-16)15-11(17)14-8(6-18-2)9-4-3-5-19-9/h3-5,7-8H,6H2,1-2H3,(H2,12,13,14,15,17). The zero-order valence-corrected chi connectivity index (χ0v) is 10.7. The third kappa shape index (κ3) is 3.32. The lowest BCUT2D eigenvalue weighted by Gasteiger charge is -2.15. The molecule has 102 valence electrons. The van der Waals surface area contributed by atoms with Crippen molar-refractivity contribution in [2.24, 2.45) is 7.05 Å². The lowest BCUT2D eigenvalue weighted by molar-refractivity contribution is 0.159. The molecular weight excluding hydrogens is 250 g/mol. The molecule has 0 fully saturated rings. The minimum Gasteiger partial charge on any atom is -0.467 e. The lowest BCUT2D eigenvalue weighted by Crippen LogP contribution is -2.35. The predicted molar refractivity (Wildman–Crippen MR) is 66.5 cm³/mol. The van der Waals surface area contributed by atoms with Gasteiger partial charge < -0.3 is 14.5 Å². The summed E-state index contributed by atoms with van der Waals surface area (Å²) in [6.07, 6.45) is 2.90. The van der Waals surface area contributed by atoms with Gasteiger partial charge in [-0.1, -0.05) is 0 Å². The minimum absolute atomic E-state index is 0.305. The van der Waals surface area contributed by atoms with E-state index in [0.717, 1.165) is 0 Å². The van der Waals surface area contributed by atoms with Crippen molar-refractivity contribution in [3.8, 4) is 0 Å². The van der Waals surface area contributed by atoms with Crippen LogP contribution in [0.2, 0.25) is 0 Å². The van der Waals surface area contributed by atoms with E-state index in [1.54, 1.807) is 32.6 Å². The molecule has 8 nitrogen and oxygen atoms in total. The Morgan fingerprint density at radius 3 is 3.05 bits per heavy atom. The van der Waals surface area contributed by atoms with Crippen molar-refractivity contribution in [2.75, 3.05) is 19.0 Å². The van der Waals surface area contributed by atoms with E-state index >= 15 is 0 Å². The number of furan rings is 1. The van der Waals surface area contributed by atoms with Crippen LogP contribution >= 0.6 is 0 Å². The number of carbonyl (C=O) groups is 1. The number of urea groups is 1. The van der Waals surface area contributed by atoms with Gasteiger partial charge >= 0.3 is 6.03 Å². The Balaban J connectivity index is 1.97. The Morgan fingerprint density at radius 1 is 1.63 bits per heavy atom. The second-order valence-corrected chi connectivity index (χ2v) is 3.83. The third-order valence-electron chi connectivity index (χ3n) is 2.46. The molecule has 2 rings (SSSR count). The summed E-state index contributed by atoms with van der Waals surface area (Å²) in [5, 5.41) is 9.17. The zero-order chi connectivity index (χ0) is 13.7. The molecule has 8 heteroatoms. The van der Waals surface area contributed by atoms with E-state index < -0.39 is 6.03 Å². The molecule has 2 N–H and O–H groups in total. The largest absolute Gasteiger partial charge is 0.467 e. The molecule has 2 heterocycles. The SMILES string of the molecule is COCC(NC(=O)Nc1ncnn1C)c1ccco1. The van der Waals surface area contributed by atoms with E-state index in [-0.39, 0.29) is 6.04 Å². The van der Waals surface area contributed by atoms with Crippen LogP contribution in [0.1, 0.15) is 11.8 Å². The molecular formula is C11H15N5O3. The van der Waals surface area contributed by atoms with Gasteiger partial charge in [0.1, 0.15) is 18.1 Å². The van der Waals surface area contributed by atoms with E-state index in [1.807, 2.05) is 0 Å². The molecule has 2 aromatic heterocycles. The Kier molecular flexibility index (Phi) is 4.14. The van der Waals surface area contributed by atoms with E-state index in [4.69, 9.17) is 9.15 Å². The van der Waals surface area contributed by atoms with Gasteiger partial charge in [-0.3, -0.25) is 5.32 Å². The quantitative estimate of drug-likeness (QED) is 0.838. The van der Waals surface area contributed by atoms with Crippen LogP contribution in [0, 0.1) is 0 Å². The van der Waals surface area contributed by atoms with E-state index in [1.165, 1.54) is 11.0 Å². The highest BCUT2D eigenvalue weighted by Crippen LogP contribution is 2.13. The fraction of sp³-hybridized carbons (Fsp3) is 0.364. The first-order valence-corrected chi connectivity index (χ1v) is 5.64. The molecule has 0 aliphatic carbocycles. The van der Waals surface area contributed by atoms with E-state index in [9.17, 15) is 4.79 Å². The Hall–Kier alpha value is -2.35. The van der Waals surface area contributed by atoms with Crippen molar-refractivity contribution >= 4 is 12.0 Å². The molecule has 19 heavy (non-hydrogen) atoms. The van der Waals surface area contributed by atoms with Gasteiger partial charge in [0.2, 0.25) is 5.95 Å². The average Bonchev–Trinajstić information content (AvgIpc) is 3.01. The van der Waals surface area contributed by atoms with Crippen molar-refractivity contribution in [3.05, 3.63) is 30.5 Å². The smallest absolute Gasteiger partial charge is 0.322 e. The number of rotatable bonds is 5. The van der Waals surface area contributed by atoms with Crippen LogP contribution in [-0.2, 0) is 11.8 Å². The Labute approximate surface area is 109 Å². The second-order valence-electron chi connectivity index (χ2n) is 3.83. The van der Waals surface area contributed by atoms with Gasteiger partial charge in [-0.2, -0.15) is 10.1 Å². The summed E-state index contributed by atoms with van der Waals surface area (Å²) in [6.45, 7) is 0.305. The fourth-order valence-corrected chi connectivity index (χ4v) is 1.56. The van der Waals surface area contributed by atoms with Crippen LogP contribution in [-0.4, -0.2) is 34.5 Å². The van der Waals surface area contributed by atoms with Gasteiger partial charge in [0, 0.05) is 14.2 Å². The highest BCUT2D eigenvalue weighted by atomic mass is 16.5. The summed E-state index contributed by atoms with van der Waals surface area (Å²) in [6, 6.07) is 2.75. The fourth-order valence-electron chi connectivity index (χ4n) is 1.56. The van der Waals surface area contributed by atoms with Crippen LogP contribution in [0.4, 0.5) is 10.7 Å². The molecule has 0 radical (unpaired) electrons. The molecule has 0 saturated heterocycles. The van der Waals surface area contributed by atoms with Gasteiger partial charge in [-0.15, -0.1) is 0 Å². The van der Waals surface area contributed by atoms with Crippen LogP contribution in [0.15, 0.2) is 29.1 Å². The molecule has 2 amide bonds. The summed E-state index contributed by atoms with van der Waals surface area (Å²) in [7, 11) is 3.24. The second kappa shape index (κ2) is 6.01. The maximum atomic E-state index is 11.8. The molecule has 0 spiro atoms. The number of amides is 2. The Morgan fingerprint density at radius 2 is 2.47 bits per heavy atom. The number of nitrogens with zero attached hydrogens (tertiary/aromatic N) is 3. The van der Waals surface area contributed by atoms with Crippen molar-refractivity contribution in [1.82, 2.24) is 20.1 Å². The summed E-state index contributed by atoms with van der Waals surface area (Å²) < 4.78 is 11.8. The van der Waals surface area contributed by atoms with Crippen LogP contribution < -0.4 is 10.6 Å². The number of aromatic nitrogens is 3. The van der Waals surface area contributed by atoms with Crippen LogP contribution in [0.3, 0.4) is 0 Å². The summed E-state index contributed by atoms with van der Waals surface area (Å²) in [4.78, 5) is 15.7. The first-order chi connectivity index (χ1) is 9.20. The topological polar surface area (TPSA) is 94.2 Å². The first-order valence-electron chi connectivity index (χ1n) is 5.64. The normalized spacial score (nSPS) is 12.1. The van der Waals surface area contributed by atoms with Gasteiger partial charge in [0.25, 0.3) is 0 Å². The van der Waals surface area contributed by atoms with Crippen molar-refractivity contribution in [3.63, 3.8) is 0 Å². The number of nitrogens with one attached hydrogen (secondary N) is 2. The highest BCUT2D eigenvalue weighted by molar-refractivity contribution is 5.87. The number of methoxy groups -OCH3 is 1. The number of ether oxygens (including phenoxy) is 1. The molecule has 0 saturated carbocycles. The lowest BCUT2D eigenvalue weighted by atomic mass is 10.2. The van der Waals surface area contributed by atoms with Crippen LogP contribution in [0.5, 0.6) is 0 Å². The first kappa shape index (κ1) is 13.1. The summed E-state index contributed by atoms with van der Waals surface area (Å²) in [5.74, 6) is 0.975. The van der Waals surface area contributed by atoms with E-state index in [0.29, 0.717) is 18.3 Å². The molecule has 0 aliphatic heterocycles. The predicted octanol–water partition coefficient (Wildman–Crippen LogP) is 0.917.